The normalized spacial score (nSPS) is 10.7. The lowest BCUT2D eigenvalue weighted by Gasteiger charge is -2.11. The molecule has 0 atom stereocenters. The van der Waals surface area contributed by atoms with Crippen molar-refractivity contribution < 1.29 is 9.18 Å². The number of pyridine rings is 1. The molecular weight excluding hydrogens is 339 g/mol. The largest absolute Gasteiger partial charge is 0.322 e. The number of rotatable bonds is 3. The number of nitrogens with one attached hydrogen (secondary N) is 1. The molecule has 1 aromatic heterocycles. The van der Waals surface area contributed by atoms with Crippen LogP contribution in [-0.2, 0) is 0 Å². The number of anilines is 1. The summed E-state index contributed by atoms with van der Waals surface area (Å²) in [6.45, 7) is 1.98. The zero-order valence-electron chi connectivity index (χ0n) is 14.7. The second kappa shape index (κ2) is 7.00. The summed E-state index contributed by atoms with van der Waals surface area (Å²) in [4.78, 5) is 17.7. The Labute approximate surface area is 156 Å². The second-order valence-electron chi connectivity index (χ2n) is 6.40. The van der Waals surface area contributed by atoms with E-state index in [1.807, 2.05) is 55.5 Å². The lowest BCUT2D eigenvalue weighted by atomic mass is 10.0. The van der Waals surface area contributed by atoms with Gasteiger partial charge in [-0.15, -0.1) is 0 Å². The van der Waals surface area contributed by atoms with Crippen LogP contribution in [0, 0.1) is 12.7 Å². The average Bonchev–Trinajstić information content (AvgIpc) is 2.69. The third kappa shape index (κ3) is 3.55. The molecule has 1 amide bonds. The van der Waals surface area contributed by atoms with Gasteiger partial charge in [-0.25, -0.2) is 9.37 Å². The number of nitrogens with zero attached hydrogens (tertiary/aromatic N) is 1. The monoisotopic (exact) mass is 356 g/mol. The molecule has 0 saturated heterocycles. The SMILES string of the molecule is Cc1ccc2nc(-c3ccccc3)cc(C(=O)Nc3ccc(F)cc3)c2c1. The van der Waals surface area contributed by atoms with E-state index in [4.69, 9.17) is 4.98 Å². The van der Waals surface area contributed by atoms with Crippen molar-refractivity contribution in [2.24, 2.45) is 0 Å². The maximum absolute atomic E-state index is 13.1. The third-order valence-electron chi connectivity index (χ3n) is 4.38. The lowest BCUT2D eigenvalue weighted by Crippen LogP contribution is -2.13. The van der Waals surface area contributed by atoms with Gasteiger partial charge in [-0.3, -0.25) is 4.79 Å². The first-order valence-corrected chi connectivity index (χ1v) is 8.64. The highest BCUT2D eigenvalue weighted by Crippen LogP contribution is 2.26. The zero-order chi connectivity index (χ0) is 18.8. The molecular formula is C23H17FN2O. The molecule has 0 unspecified atom stereocenters. The van der Waals surface area contributed by atoms with Crippen LogP contribution in [0.2, 0.25) is 0 Å². The van der Waals surface area contributed by atoms with Gasteiger partial charge in [0.1, 0.15) is 5.82 Å². The summed E-state index contributed by atoms with van der Waals surface area (Å²) in [7, 11) is 0. The van der Waals surface area contributed by atoms with Crippen LogP contribution in [-0.4, -0.2) is 10.9 Å². The van der Waals surface area contributed by atoms with Gasteiger partial charge in [-0.1, -0.05) is 42.0 Å². The summed E-state index contributed by atoms with van der Waals surface area (Å²) in [5.41, 5.74) is 4.55. The van der Waals surface area contributed by atoms with E-state index in [-0.39, 0.29) is 11.7 Å². The van der Waals surface area contributed by atoms with Gasteiger partial charge in [-0.2, -0.15) is 0 Å². The van der Waals surface area contributed by atoms with Crippen molar-refractivity contribution in [3.8, 4) is 11.3 Å². The molecule has 0 aliphatic rings. The number of carbonyl (C=O) groups excluding carboxylic acids is 1. The Hall–Kier alpha value is -3.53. The van der Waals surface area contributed by atoms with Crippen LogP contribution >= 0.6 is 0 Å². The number of hydrogen-bond donors (Lipinski definition) is 1. The number of aromatic nitrogens is 1. The summed E-state index contributed by atoms with van der Waals surface area (Å²) in [5, 5.41) is 3.63. The molecule has 3 aromatic carbocycles. The van der Waals surface area contributed by atoms with Crippen LogP contribution in [0.1, 0.15) is 15.9 Å². The van der Waals surface area contributed by atoms with Crippen molar-refractivity contribution in [1.29, 1.82) is 0 Å². The maximum Gasteiger partial charge on any atom is 0.256 e. The van der Waals surface area contributed by atoms with Crippen molar-refractivity contribution >= 4 is 22.5 Å². The summed E-state index contributed by atoms with van der Waals surface area (Å²) in [6.07, 6.45) is 0. The molecule has 0 saturated carbocycles. The van der Waals surface area contributed by atoms with Gasteiger partial charge in [0.2, 0.25) is 0 Å². The van der Waals surface area contributed by atoms with Crippen molar-refractivity contribution in [3.63, 3.8) is 0 Å². The molecule has 4 rings (SSSR count). The molecule has 132 valence electrons. The Bertz CT molecular complexity index is 1120. The van der Waals surface area contributed by atoms with Gasteiger partial charge in [-0.05, 0) is 49.4 Å². The average molecular weight is 356 g/mol. The molecule has 0 aliphatic heterocycles. The Kier molecular flexibility index (Phi) is 4.38. The third-order valence-corrected chi connectivity index (χ3v) is 4.38. The fraction of sp³-hybridized carbons (Fsp3) is 0.0435. The van der Waals surface area contributed by atoms with Gasteiger partial charge in [0.15, 0.2) is 0 Å². The molecule has 0 radical (unpaired) electrons. The van der Waals surface area contributed by atoms with E-state index in [0.717, 1.165) is 27.7 Å². The topological polar surface area (TPSA) is 42.0 Å². The predicted molar refractivity (Wildman–Crippen MR) is 106 cm³/mol. The fourth-order valence-corrected chi connectivity index (χ4v) is 3.02. The Morgan fingerprint density at radius 2 is 1.67 bits per heavy atom. The fourth-order valence-electron chi connectivity index (χ4n) is 3.02. The minimum atomic E-state index is -0.343. The van der Waals surface area contributed by atoms with E-state index in [0.29, 0.717) is 11.3 Å². The second-order valence-corrected chi connectivity index (χ2v) is 6.40. The first-order chi connectivity index (χ1) is 13.1. The molecule has 0 bridgehead atoms. The highest BCUT2D eigenvalue weighted by molar-refractivity contribution is 6.13. The number of benzene rings is 3. The van der Waals surface area contributed by atoms with Crippen molar-refractivity contribution in [2.45, 2.75) is 6.92 Å². The molecule has 0 spiro atoms. The smallest absolute Gasteiger partial charge is 0.256 e. The predicted octanol–water partition coefficient (Wildman–Crippen LogP) is 5.60. The van der Waals surface area contributed by atoms with Crippen LogP contribution in [0.25, 0.3) is 22.2 Å². The van der Waals surface area contributed by atoms with Crippen molar-refractivity contribution in [1.82, 2.24) is 4.98 Å². The van der Waals surface area contributed by atoms with Crippen LogP contribution < -0.4 is 5.32 Å². The van der Waals surface area contributed by atoms with Gasteiger partial charge in [0, 0.05) is 16.6 Å². The standard InChI is InChI=1S/C23H17FN2O/c1-15-7-12-21-19(13-15)20(14-22(26-21)16-5-3-2-4-6-16)23(27)25-18-10-8-17(24)9-11-18/h2-14H,1H3,(H,25,27). The minimum Gasteiger partial charge on any atom is -0.322 e. The number of amides is 1. The number of halogens is 1. The first-order valence-electron chi connectivity index (χ1n) is 8.64. The highest BCUT2D eigenvalue weighted by Gasteiger charge is 2.14. The van der Waals surface area contributed by atoms with Gasteiger partial charge in [0.05, 0.1) is 16.8 Å². The molecule has 3 nitrogen and oxygen atoms in total. The van der Waals surface area contributed by atoms with E-state index < -0.39 is 0 Å². The Morgan fingerprint density at radius 3 is 2.41 bits per heavy atom. The summed E-state index contributed by atoms with van der Waals surface area (Å²) < 4.78 is 13.1. The number of hydrogen-bond acceptors (Lipinski definition) is 2. The van der Waals surface area contributed by atoms with Crippen LogP contribution in [0.4, 0.5) is 10.1 Å². The van der Waals surface area contributed by atoms with E-state index >= 15 is 0 Å². The van der Waals surface area contributed by atoms with Crippen molar-refractivity contribution in [3.05, 3.63) is 95.8 Å². The van der Waals surface area contributed by atoms with E-state index in [1.165, 1.54) is 12.1 Å². The van der Waals surface area contributed by atoms with Gasteiger partial charge in [0.25, 0.3) is 5.91 Å². The first kappa shape index (κ1) is 16.9. The number of aryl methyl sites for hydroxylation is 1. The minimum absolute atomic E-state index is 0.253. The van der Waals surface area contributed by atoms with E-state index in [1.54, 1.807) is 18.2 Å². The molecule has 4 heteroatoms. The van der Waals surface area contributed by atoms with E-state index in [9.17, 15) is 9.18 Å². The Balaban J connectivity index is 1.82. The molecule has 0 aliphatic carbocycles. The quantitative estimate of drug-likeness (QED) is 0.519. The van der Waals surface area contributed by atoms with Crippen LogP contribution in [0.5, 0.6) is 0 Å². The summed E-state index contributed by atoms with van der Waals surface area (Å²) >= 11 is 0. The van der Waals surface area contributed by atoms with Crippen LogP contribution in [0.15, 0.2) is 78.9 Å². The van der Waals surface area contributed by atoms with Crippen molar-refractivity contribution in [2.75, 3.05) is 5.32 Å². The van der Waals surface area contributed by atoms with E-state index in [2.05, 4.69) is 5.32 Å². The Morgan fingerprint density at radius 1 is 0.926 bits per heavy atom. The molecule has 4 aromatic rings. The lowest BCUT2D eigenvalue weighted by molar-refractivity contribution is 0.102. The van der Waals surface area contributed by atoms with Gasteiger partial charge < -0.3 is 5.32 Å². The molecule has 1 heterocycles. The van der Waals surface area contributed by atoms with Gasteiger partial charge >= 0.3 is 0 Å². The molecule has 27 heavy (non-hydrogen) atoms. The van der Waals surface area contributed by atoms with Crippen LogP contribution in [0.3, 0.4) is 0 Å². The number of carbonyl (C=O) groups is 1. The molecule has 1 N–H and O–H groups in total. The summed E-state index contributed by atoms with van der Waals surface area (Å²) in [5.74, 6) is -0.596. The maximum atomic E-state index is 13.1. The number of fused-ring (bicyclic) bond motifs is 1. The summed E-state index contributed by atoms with van der Waals surface area (Å²) in [6, 6.07) is 23.1. The molecule has 0 fully saturated rings. The zero-order valence-corrected chi connectivity index (χ0v) is 14.7. The highest BCUT2D eigenvalue weighted by atomic mass is 19.1.